The Labute approximate surface area is 136 Å². The normalized spacial score (nSPS) is 23.9. The van der Waals surface area contributed by atoms with E-state index in [1.165, 1.54) is 11.8 Å². The van der Waals surface area contributed by atoms with Crippen LogP contribution in [-0.2, 0) is 10.0 Å². The minimum atomic E-state index is -3.74. The maximum atomic E-state index is 12.8. The van der Waals surface area contributed by atoms with Gasteiger partial charge >= 0.3 is 0 Å². The summed E-state index contributed by atoms with van der Waals surface area (Å²) in [6.45, 7) is 0. The van der Waals surface area contributed by atoms with Gasteiger partial charge in [-0.15, -0.1) is 0 Å². The molecule has 0 saturated heterocycles. The summed E-state index contributed by atoms with van der Waals surface area (Å²) in [5.74, 6) is 0. The number of sulfonamides is 1. The second-order valence-corrected chi connectivity index (χ2v) is 7.98. The van der Waals surface area contributed by atoms with Crippen molar-refractivity contribution in [3.8, 4) is 0 Å². The summed E-state index contributed by atoms with van der Waals surface area (Å²) in [7, 11) is -3.74. The summed E-state index contributed by atoms with van der Waals surface area (Å²) in [6, 6.07) is 7.30. The van der Waals surface area contributed by atoms with Crippen molar-refractivity contribution in [1.29, 1.82) is 0 Å². The van der Waals surface area contributed by atoms with E-state index in [9.17, 15) is 8.42 Å². The Kier molecular flexibility index (Phi) is 3.14. The van der Waals surface area contributed by atoms with Gasteiger partial charge in [-0.05, 0) is 17.5 Å². The highest BCUT2D eigenvalue weighted by molar-refractivity contribution is 8.16. The zero-order valence-corrected chi connectivity index (χ0v) is 13.5. The number of rotatable bonds is 3. The monoisotopic (exact) mass is 354 g/mol. The zero-order chi connectivity index (χ0) is 15.3. The van der Waals surface area contributed by atoms with Gasteiger partial charge in [0.2, 0.25) is 0 Å². The predicted octanol–water partition coefficient (Wildman–Crippen LogP) is 2.69. The van der Waals surface area contributed by atoms with E-state index in [1.807, 2.05) is 12.1 Å². The summed E-state index contributed by atoms with van der Waals surface area (Å²) >= 11 is 7.48. The molecule has 0 aliphatic carbocycles. The number of halogens is 1. The topological polar surface area (TPSA) is 77.6 Å². The van der Waals surface area contributed by atoms with E-state index >= 15 is 0 Å². The minimum Gasteiger partial charge on any atom is -0.359 e. The zero-order valence-electron chi connectivity index (χ0n) is 11.1. The molecule has 6 nitrogen and oxygen atoms in total. The molecule has 4 rings (SSSR count). The third-order valence-corrected chi connectivity index (χ3v) is 6.41. The molecule has 2 unspecified atom stereocenters. The van der Waals surface area contributed by atoms with Gasteiger partial charge in [0.1, 0.15) is 0 Å². The first-order valence-electron chi connectivity index (χ1n) is 6.47. The first-order chi connectivity index (χ1) is 10.6. The lowest BCUT2D eigenvalue weighted by Gasteiger charge is -2.23. The first-order valence-corrected chi connectivity index (χ1v) is 9.34. The fraction of sp³-hybridized carbons (Fsp3) is 0.154. The summed E-state index contributed by atoms with van der Waals surface area (Å²) < 4.78 is 28.1. The van der Waals surface area contributed by atoms with Gasteiger partial charge in [-0.2, -0.15) is 0 Å². The number of aromatic amines is 1. The molecule has 2 aliphatic heterocycles. The molecular weight excluding hydrogens is 344 g/mol. The Morgan fingerprint density at radius 2 is 2.23 bits per heavy atom. The number of aliphatic imine (C=N–C) groups is 1. The number of alkyl halides is 1. The van der Waals surface area contributed by atoms with Gasteiger partial charge in [0, 0.05) is 17.8 Å². The van der Waals surface area contributed by atoms with Crippen LogP contribution < -0.4 is 4.72 Å². The number of nitrogens with one attached hydrogen (secondary N) is 2. The second kappa shape index (κ2) is 4.94. The van der Waals surface area contributed by atoms with Crippen LogP contribution in [0.25, 0.3) is 10.9 Å². The second-order valence-electron chi connectivity index (χ2n) is 4.88. The highest BCUT2D eigenvalue weighted by Gasteiger charge is 2.45. The van der Waals surface area contributed by atoms with E-state index in [1.54, 1.807) is 34.8 Å². The van der Waals surface area contributed by atoms with Gasteiger partial charge in [-0.1, -0.05) is 35.5 Å². The summed E-state index contributed by atoms with van der Waals surface area (Å²) in [4.78, 5) is 8.80. The van der Waals surface area contributed by atoms with Crippen molar-refractivity contribution < 1.29 is 8.42 Å². The Morgan fingerprint density at radius 1 is 1.36 bits per heavy atom. The molecule has 2 N–H and O–H groups in total. The average Bonchev–Trinajstić information content (AvgIpc) is 3.12. The summed E-state index contributed by atoms with van der Waals surface area (Å²) in [5.41, 5.74) is 0.395. The Hall–Kier alpha value is -1.64. The molecule has 1 aromatic heterocycles. The number of para-hydroxylation sites is 1. The average molecular weight is 355 g/mol. The van der Waals surface area contributed by atoms with Crippen LogP contribution in [0.5, 0.6) is 0 Å². The van der Waals surface area contributed by atoms with E-state index in [0.717, 1.165) is 10.9 Å². The van der Waals surface area contributed by atoms with Crippen molar-refractivity contribution in [2.75, 3.05) is 4.72 Å². The molecule has 0 fully saturated rings. The number of benzene rings is 1. The molecular formula is C13H11ClN4O2S2. The Bertz CT molecular complexity index is 906. The van der Waals surface area contributed by atoms with E-state index in [0.29, 0.717) is 10.9 Å². The largest absolute Gasteiger partial charge is 0.359 e. The van der Waals surface area contributed by atoms with E-state index < -0.39 is 20.9 Å². The number of anilines is 1. The van der Waals surface area contributed by atoms with Crippen molar-refractivity contribution in [3.63, 3.8) is 0 Å². The molecule has 2 atom stereocenters. The van der Waals surface area contributed by atoms with Crippen LogP contribution in [0.1, 0.15) is 0 Å². The molecule has 2 aliphatic rings. The molecule has 0 spiro atoms. The quantitative estimate of drug-likeness (QED) is 0.656. The number of thioether (sulfide) groups is 1. The molecule has 22 heavy (non-hydrogen) atoms. The van der Waals surface area contributed by atoms with Gasteiger partial charge < -0.3 is 9.88 Å². The predicted molar refractivity (Wildman–Crippen MR) is 90.3 cm³/mol. The molecule has 0 amide bonds. The molecule has 0 saturated carbocycles. The maximum Gasteiger partial charge on any atom is 0.257 e. The minimum absolute atomic E-state index is 0.496. The summed E-state index contributed by atoms with van der Waals surface area (Å²) in [5, 5.41) is 2.37. The molecule has 0 radical (unpaired) electrons. The van der Waals surface area contributed by atoms with Gasteiger partial charge in [-0.25, -0.2) is 13.4 Å². The number of hydrogen-bond donors (Lipinski definition) is 2. The Morgan fingerprint density at radius 3 is 3.09 bits per heavy atom. The lowest BCUT2D eigenvalue weighted by molar-refractivity contribution is 0.504. The lowest BCUT2D eigenvalue weighted by atomic mass is 10.2. The number of H-pyrrole nitrogens is 1. The number of amidine groups is 1. The summed E-state index contributed by atoms with van der Waals surface area (Å²) in [6.07, 6.45) is 3.45. The smallest absolute Gasteiger partial charge is 0.257 e. The third-order valence-electron chi connectivity index (χ3n) is 3.52. The van der Waals surface area contributed by atoms with Crippen LogP contribution in [-0.4, -0.2) is 34.3 Å². The Balaban J connectivity index is 1.70. The van der Waals surface area contributed by atoms with E-state index in [2.05, 4.69) is 14.7 Å². The molecule has 2 aromatic rings. The fourth-order valence-corrected chi connectivity index (χ4v) is 5.51. The van der Waals surface area contributed by atoms with Crippen molar-refractivity contribution >= 4 is 55.1 Å². The SMILES string of the molecule is O=S(=O)(Nc1cccc2cc[nH]c12)C1C(Cl)N=C2SC=CN21. The van der Waals surface area contributed by atoms with Gasteiger partial charge in [0.05, 0.1) is 11.2 Å². The maximum absolute atomic E-state index is 12.8. The van der Waals surface area contributed by atoms with Crippen molar-refractivity contribution in [3.05, 3.63) is 42.1 Å². The first kappa shape index (κ1) is 14.0. The molecule has 3 heterocycles. The van der Waals surface area contributed by atoms with Crippen LogP contribution in [0, 0.1) is 0 Å². The van der Waals surface area contributed by atoms with Crippen molar-refractivity contribution in [2.45, 2.75) is 10.9 Å². The van der Waals surface area contributed by atoms with E-state index in [-0.39, 0.29) is 0 Å². The van der Waals surface area contributed by atoms with Crippen LogP contribution in [0.3, 0.4) is 0 Å². The number of aromatic nitrogens is 1. The molecule has 0 bridgehead atoms. The highest BCUT2D eigenvalue weighted by atomic mass is 35.5. The van der Waals surface area contributed by atoms with Gasteiger partial charge in [0.15, 0.2) is 16.0 Å². The van der Waals surface area contributed by atoms with E-state index in [4.69, 9.17) is 11.6 Å². The van der Waals surface area contributed by atoms with Crippen LogP contribution in [0.4, 0.5) is 5.69 Å². The van der Waals surface area contributed by atoms with Crippen LogP contribution >= 0.6 is 23.4 Å². The number of hydrogen-bond acceptors (Lipinski definition) is 5. The van der Waals surface area contributed by atoms with Gasteiger partial charge in [-0.3, -0.25) is 4.72 Å². The lowest BCUT2D eigenvalue weighted by Crippen LogP contribution is -2.42. The molecule has 114 valence electrons. The van der Waals surface area contributed by atoms with Gasteiger partial charge in [0.25, 0.3) is 10.0 Å². The molecule has 9 heteroatoms. The number of nitrogens with zero attached hydrogens (tertiary/aromatic N) is 2. The standard InChI is InChI=1S/C13H11ClN4O2S2/c14-11-12(18-6-7-21-13(18)16-11)22(19,20)17-9-3-1-2-8-4-5-15-10(8)9/h1-7,11-12,15,17H. The third kappa shape index (κ3) is 2.10. The van der Waals surface area contributed by atoms with Crippen molar-refractivity contribution in [2.24, 2.45) is 4.99 Å². The van der Waals surface area contributed by atoms with Crippen molar-refractivity contribution in [1.82, 2.24) is 9.88 Å². The molecule has 1 aromatic carbocycles. The fourth-order valence-electron chi connectivity index (χ4n) is 2.55. The van der Waals surface area contributed by atoms with Crippen LogP contribution in [0.2, 0.25) is 0 Å². The highest BCUT2D eigenvalue weighted by Crippen LogP contribution is 2.35. The van der Waals surface area contributed by atoms with Crippen LogP contribution in [0.15, 0.2) is 47.1 Å². The number of fused-ring (bicyclic) bond motifs is 2.